The van der Waals surface area contributed by atoms with Gasteiger partial charge < -0.3 is 19.6 Å². The molecule has 0 atom stereocenters. The number of anilines is 1. The Labute approximate surface area is 169 Å². The number of nitrogens with one attached hydrogen (secondary N) is 2. The molecule has 0 aliphatic heterocycles. The predicted molar refractivity (Wildman–Crippen MR) is 114 cm³/mol. The second-order valence-corrected chi connectivity index (χ2v) is 7.03. The van der Waals surface area contributed by atoms with Gasteiger partial charge in [-0.15, -0.1) is 0 Å². The van der Waals surface area contributed by atoms with Gasteiger partial charge in [-0.05, 0) is 48.7 Å². The second-order valence-electron chi connectivity index (χ2n) is 7.03. The van der Waals surface area contributed by atoms with E-state index in [-0.39, 0.29) is 5.91 Å². The van der Waals surface area contributed by atoms with E-state index in [0.29, 0.717) is 13.0 Å². The number of benzene rings is 2. The maximum absolute atomic E-state index is 12.2. The summed E-state index contributed by atoms with van der Waals surface area (Å²) in [6, 6.07) is 15.6. The lowest BCUT2D eigenvalue weighted by Gasteiger charge is -2.08. The highest BCUT2D eigenvalue weighted by Gasteiger charge is 2.07. The molecule has 6 heteroatoms. The zero-order valence-corrected chi connectivity index (χ0v) is 16.4. The zero-order valence-electron chi connectivity index (χ0n) is 16.4. The van der Waals surface area contributed by atoms with Gasteiger partial charge in [-0.25, -0.2) is 4.98 Å². The number of aromatic amines is 1. The highest BCUT2D eigenvalue weighted by Crippen LogP contribution is 2.20. The quantitative estimate of drug-likeness (QED) is 0.469. The number of hydrogen-bond acceptors (Lipinski definition) is 3. The summed E-state index contributed by atoms with van der Waals surface area (Å²) in [5, 5.41) is 4.18. The zero-order chi connectivity index (χ0) is 20.1. The monoisotopic (exact) mass is 388 g/mol. The Hall–Kier alpha value is -3.54. The Morgan fingerprint density at radius 2 is 2.00 bits per heavy atom. The van der Waals surface area contributed by atoms with Gasteiger partial charge in [0.15, 0.2) is 0 Å². The van der Waals surface area contributed by atoms with E-state index in [1.54, 1.807) is 6.20 Å². The molecule has 0 radical (unpaired) electrons. The molecule has 0 saturated heterocycles. The smallest absolute Gasteiger partial charge is 0.224 e. The summed E-state index contributed by atoms with van der Waals surface area (Å²) in [4.78, 5) is 19.8. The summed E-state index contributed by atoms with van der Waals surface area (Å²) >= 11 is 0. The van der Waals surface area contributed by atoms with Crippen molar-refractivity contribution in [2.45, 2.75) is 25.9 Å². The molecule has 0 spiro atoms. The van der Waals surface area contributed by atoms with Crippen molar-refractivity contribution in [3.8, 4) is 5.75 Å². The summed E-state index contributed by atoms with van der Waals surface area (Å²) in [6.07, 6.45) is 7.82. The number of H-pyrrole nitrogens is 1. The molecule has 0 bridgehead atoms. The van der Waals surface area contributed by atoms with Crippen LogP contribution in [0.3, 0.4) is 0 Å². The van der Waals surface area contributed by atoms with Crippen LogP contribution in [0.15, 0.2) is 67.1 Å². The largest absolute Gasteiger partial charge is 0.486 e. The van der Waals surface area contributed by atoms with E-state index in [2.05, 4.69) is 27.4 Å². The van der Waals surface area contributed by atoms with Crippen LogP contribution in [0.2, 0.25) is 0 Å². The van der Waals surface area contributed by atoms with Crippen LogP contribution in [0.25, 0.3) is 10.9 Å². The Morgan fingerprint density at radius 3 is 2.79 bits per heavy atom. The number of imidazole rings is 1. The van der Waals surface area contributed by atoms with Crippen molar-refractivity contribution in [1.82, 2.24) is 14.5 Å². The van der Waals surface area contributed by atoms with Gasteiger partial charge in [0.2, 0.25) is 5.91 Å². The van der Waals surface area contributed by atoms with Crippen LogP contribution in [0.5, 0.6) is 5.75 Å². The average molecular weight is 388 g/mol. The second kappa shape index (κ2) is 8.65. The van der Waals surface area contributed by atoms with E-state index in [1.807, 2.05) is 60.4 Å². The van der Waals surface area contributed by atoms with Crippen LogP contribution in [-0.4, -0.2) is 20.4 Å². The Balaban J connectivity index is 1.23. The molecule has 2 aromatic carbocycles. The van der Waals surface area contributed by atoms with Crippen LogP contribution in [0.1, 0.15) is 24.2 Å². The molecular weight excluding hydrogens is 364 g/mol. The molecule has 0 aliphatic carbocycles. The minimum Gasteiger partial charge on any atom is -0.486 e. The first kappa shape index (κ1) is 18.8. The van der Waals surface area contributed by atoms with E-state index in [1.165, 1.54) is 10.9 Å². The predicted octanol–water partition coefficient (Wildman–Crippen LogP) is 4.44. The van der Waals surface area contributed by atoms with E-state index in [9.17, 15) is 4.79 Å². The van der Waals surface area contributed by atoms with Crippen molar-refractivity contribution in [3.63, 3.8) is 0 Å². The standard InChI is InChI=1S/C23H24N4O2/c1-27-14-13-24-22(27)16-29-19-11-9-18(10-12-19)26-23(28)8-4-5-17-15-25-21-7-3-2-6-20(17)21/h2-3,6-7,9-15,25H,4-5,8,16H2,1H3,(H,26,28). The lowest BCUT2D eigenvalue weighted by molar-refractivity contribution is -0.116. The molecule has 2 N–H and O–H groups in total. The van der Waals surface area contributed by atoms with Crippen molar-refractivity contribution >= 4 is 22.5 Å². The molecule has 148 valence electrons. The Kier molecular flexibility index (Phi) is 5.61. The molecule has 2 aromatic heterocycles. The van der Waals surface area contributed by atoms with E-state index in [0.717, 1.165) is 35.6 Å². The van der Waals surface area contributed by atoms with Crippen LogP contribution < -0.4 is 10.1 Å². The number of aromatic nitrogens is 3. The average Bonchev–Trinajstić information content (AvgIpc) is 3.34. The topological polar surface area (TPSA) is 71.9 Å². The number of amides is 1. The third kappa shape index (κ3) is 4.66. The molecule has 2 heterocycles. The van der Waals surface area contributed by atoms with Crippen LogP contribution in [-0.2, 0) is 24.9 Å². The Bertz CT molecular complexity index is 1100. The summed E-state index contributed by atoms with van der Waals surface area (Å²) in [5.41, 5.74) is 3.16. The van der Waals surface area contributed by atoms with Gasteiger partial charge in [0.1, 0.15) is 18.2 Å². The maximum atomic E-state index is 12.2. The first-order chi connectivity index (χ1) is 14.2. The minimum atomic E-state index is 0.0199. The van der Waals surface area contributed by atoms with Gasteiger partial charge >= 0.3 is 0 Å². The fourth-order valence-electron chi connectivity index (χ4n) is 3.32. The third-order valence-corrected chi connectivity index (χ3v) is 4.95. The maximum Gasteiger partial charge on any atom is 0.224 e. The fourth-order valence-corrected chi connectivity index (χ4v) is 3.32. The number of aryl methyl sites for hydroxylation is 2. The fraction of sp³-hybridized carbons (Fsp3) is 0.217. The molecule has 4 rings (SSSR count). The number of carbonyl (C=O) groups excluding carboxylic acids is 1. The lowest BCUT2D eigenvalue weighted by atomic mass is 10.1. The minimum absolute atomic E-state index is 0.0199. The summed E-state index contributed by atoms with van der Waals surface area (Å²) in [6.45, 7) is 0.406. The van der Waals surface area contributed by atoms with Crippen LogP contribution in [0, 0.1) is 0 Å². The lowest BCUT2D eigenvalue weighted by Crippen LogP contribution is -2.11. The molecule has 6 nitrogen and oxygen atoms in total. The molecule has 0 fully saturated rings. The van der Waals surface area contributed by atoms with Gasteiger partial charge in [-0.2, -0.15) is 0 Å². The van der Waals surface area contributed by atoms with Crippen molar-refractivity contribution in [2.75, 3.05) is 5.32 Å². The van der Waals surface area contributed by atoms with Crippen LogP contribution in [0.4, 0.5) is 5.69 Å². The molecular formula is C23H24N4O2. The van der Waals surface area contributed by atoms with E-state index >= 15 is 0 Å². The SMILES string of the molecule is Cn1ccnc1COc1ccc(NC(=O)CCCc2c[nH]c3ccccc23)cc1. The highest BCUT2D eigenvalue weighted by atomic mass is 16.5. The van der Waals surface area contributed by atoms with Crippen LogP contribution >= 0.6 is 0 Å². The van der Waals surface area contributed by atoms with Gasteiger partial charge in [-0.3, -0.25) is 4.79 Å². The van der Waals surface area contributed by atoms with E-state index in [4.69, 9.17) is 4.74 Å². The summed E-state index contributed by atoms with van der Waals surface area (Å²) < 4.78 is 7.66. The van der Waals surface area contributed by atoms with Gasteiger partial charge in [0.25, 0.3) is 0 Å². The van der Waals surface area contributed by atoms with Crippen molar-refractivity contribution in [2.24, 2.45) is 7.05 Å². The third-order valence-electron chi connectivity index (χ3n) is 4.95. The summed E-state index contributed by atoms with van der Waals surface area (Å²) in [5.74, 6) is 1.62. The number of nitrogens with zero attached hydrogens (tertiary/aromatic N) is 2. The Morgan fingerprint density at radius 1 is 1.17 bits per heavy atom. The van der Waals surface area contributed by atoms with Crippen molar-refractivity contribution in [1.29, 1.82) is 0 Å². The first-order valence-electron chi connectivity index (χ1n) is 9.73. The molecule has 4 aromatic rings. The van der Waals surface area contributed by atoms with Gasteiger partial charge in [0.05, 0.1) is 0 Å². The number of rotatable bonds is 8. The number of carbonyl (C=O) groups is 1. The number of para-hydroxylation sites is 1. The first-order valence-corrected chi connectivity index (χ1v) is 9.73. The van der Waals surface area contributed by atoms with Gasteiger partial charge in [-0.1, -0.05) is 18.2 Å². The highest BCUT2D eigenvalue weighted by molar-refractivity contribution is 5.90. The van der Waals surface area contributed by atoms with Crippen molar-refractivity contribution in [3.05, 3.63) is 78.5 Å². The molecule has 0 saturated carbocycles. The number of ether oxygens (including phenoxy) is 1. The molecule has 0 unspecified atom stereocenters. The molecule has 1 amide bonds. The van der Waals surface area contributed by atoms with Gasteiger partial charge in [0, 0.05) is 48.6 Å². The van der Waals surface area contributed by atoms with Crippen molar-refractivity contribution < 1.29 is 9.53 Å². The number of fused-ring (bicyclic) bond motifs is 1. The molecule has 29 heavy (non-hydrogen) atoms. The normalized spacial score (nSPS) is 10.9. The number of hydrogen-bond donors (Lipinski definition) is 2. The van der Waals surface area contributed by atoms with E-state index < -0.39 is 0 Å². The summed E-state index contributed by atoms with van der Waals surface area (Å²) in [7, 11) is 1.93. The molecule has 0 aliphatic rings.